The van der Waals surface area contributed by atoms with E-state index in [4.69, 9.17) is 0 Å². The van der Waals surface area contributed by atoms with Crippen LogP contribution in [0.2, 0.25) is 0 Å². The second-order valence-electron chi connectivity index (χ2n) is 4.16. The Labute approximate surface area is 106 Å². The fraction of sp³-hybridized carbons (Fsp3) is 0.286. The molecule has 0 saturated carbocycles. The lowest BCUT2D eigenvalue weighted by Gasteiger charge is -2.18. The molecule has 0 amide bonds. The lowest BCUT2D eigenvalue weighted by molar-refractivity contribution is 0.595. The fourth-order valence-electron chi connectivity index (χ4n) is 1.87. The van der Waals surface area contributed by atoms with Crippen LogP contribution in [0.3, 0.4) is 0 Å². The third kappa shape index (κ3) is 2.90. The van der Waals surface area contributed by atoms with Crippen LogP contribution in [0.15, 0.2) is 36.8 Å². The average molecular weight is 245 g/mol. The van der Waals surface area contributed by atoms with Gasteiger partial charge in [-0.3, -0.25) is 9.97 Å². The Bertz CT molecular complexity index is 511. The molecule has 0 spiro atoms. The summed E-state index contributed by atoms with van der Waals surface area (Å²) < 4.78 is 13.2. The van der Waals surface area contributed by atoms with E-state index in [1.165, 1.54) is 12.3 Å². The van der Waals surface area contributed by atoms with Gasteiger partial charge in [-0.1, -0.05) is 13.0 Å². The van der Waals surface area contributed by atoms with Gasteiger partial charge in [-0.25, -0.2) is 4.39 Å². The number of halogens is 1. The van der Waals surface area contributed by atoms with Crippen molar-refractivity contribution in [2.75, 3.05) is 6.54 Å². The molecule has 94 valence electrons. The maximum absolute atomic E-state index is 13.2. The van der Waals surface area contributed by atoms with Crippen molar-refractivity contribution in [1.29, 1.82) is 0 Å². The zero-order valence-corrected chi connectivity index (χ0v) is 10.5. The van der Waals surface area contributed by atoms with Gasteiger partial charge in [-0.2, -0.15) is 0 Å². The smallest absolute Gasteiger partial charge is 0.141 e. The molecular weight excluding hydrogens is 229 g/mol. The number of pyridine rings is 2. The van der Waals surface area contributed by atoms with Gasteiger partial charge >= 0.3 is 0 Å². The van der Waals surface area contributed by atoms with E-state index in [1.54, 1.807) is 6.20 Å². The molecule has 1 N–H and O–H groups in total. The Morgan fingerprint density at radius 2 is 2.06 bits per heavy atom. The molecule has 0 aliphatic rings. The minimum atomic E-state index is -0.324. The van der Waals surface area contributed by atoms with Crippen LogP contribution in [0.4, 0.5) is 4.39 Å². The molecule has 0 aliphatic heterocycles. The van der Waals surface area contributed by atoms with Crippen LogP contribution in [-0.4, -0.2) is 16.5 Å². The number of hydrogen-bond acceptors (Lipinski definition) is 3. The standard InChI is InChI=1S/C14H16FN3/c1-3-17-14(11-5-4-10(2)18-8-11)12-6-13(15)9-16-7-12/h4-9,14,17H,3H2,1-2H3. The molecule has 1 unspecified atom stereocenters. The molecule has 2 rings (SSSR count). The van der Waals surface area contributed by atoms with Gasteiger partial charge in [0.25, 0.3) is 0 Å². The van der Waals surface area contributed by atoms with Crippen molar-refractivity contribution in [2.45, 2.75) is 19.9 Å². The predicted molar refractivity (Wildman–Crippen MR) is 68.7 cm³/mol. The Morgan fingerprint density at radius 3 is 2.67 bits per heavy atom. The number of aromatic nitrogens is 2. The van der Waals surface area contributed by atoms with Crippen molar-refractivity contribution in [3.05, 3.63) is 59.4 Å². The van der Waals surface area contributed by atoms with Gasteiger partial charge in [0.15, 0.2) is 0 Å². The molecule has 0 fully saturated rings. The summed E-state index contributed by atoms with van der Waals surface area (Å²) in [5.74, 6) is -0.324. The van der Waals surface area contributed by atoms with Crippen LogP contribution >= 0.6 is 0 Å². The summed E-state index contributed by atoms with van der Waals surface area (Å²) in [6.45, 7) is 4.74. The SMILES string of the molecule is CCNC(c1ccc(C)nc1)c1cncc(F)c1. The van der Waals surface area contributed by atoms with E-state index in [9.17, 15) is 4.39 Å². The summed E-state index contributed by atoms with van der Waals surface area (Å²) in [4.78, 5) is 8.17. The normalized spacial score (nSPS) is 12.4. The predicted octanol–water partition coefficient (Wildman–Crippen LogP) is 2.62. The molecule has 0 radical (unpaired) electrons. The zero-order valence-electron chi connectivity index (χ0n) is 10.5. The monoisotopic (exact) mass is 245 g/mol. The molecule has 0 aliphatic carbocycles. The first-order valence-electron chi connectivity index (χ1n) is 5.97. The largest absolute Gasteiger partial charge is 0.306 e. The first kappa shape index (κ1) is 12.6. The molecular formula is C14H16FN3. The molecule has 2 aromatic heterocycles. The molecule has 3 nitrogen and oxygen atoms in total. The second-order valence-corrected chi connectivity index (χ2v) is 4.16. The third-order valence-corrected chi connectivity index (χ3v) is 2.74. The van der Waals surface area contributed by atoms with Gasteiger partial charge in [-0.15, -0.1) is 0 Å². The van der Waals surface area contributed by atoms with Crippen molar-refractivity contribution in [2.24, 2.45) is 0 Å². The first-order valence-corrected chi connectivity index (χ1v) is 5.97. The number of nitrogens with one attached hydrogen (secondary N) is 1. The van der Waals surface area contributed by atoms with E-state index in [0.29, 0.717) is 0 Å². The van der Waals surface area contributed by atoms with E-state index in [1.807, 2.05) is 32.2 Å². The average Bonchev–Trinajstić information content (AvgIpc) is 2.37. The van der Waals surface area contributed by atoms with Crippen LogP contribution in [0, 0.1) is 12.7 Å². The number of rotatable bonds is 4. The van der Waals surface area contributed by atoms with Crippen molar-refractivity contribution >= 4 is 0 Å². The maximum Gasteiger partial charge on any atom is 0.141 e. The Morgan fingerprint density at radius 1 is 1.22 bits per heavy atom. The van der Waals surface area contributed by atoms with E-state index >= 15 is 0 Å². The van der Waals surface area contributed by atoms with E-state index in [0.717, 1.165) is 23.4 Å². The second kappa shape index (κ2) is 5.69. The highest BCUT2D eigenvalue weighted by Gasteiger charge is 2.14. The molecule has 4 heteroatoms. The summed E-state index contributed by atoms with van der Waals surface area (Å²) in [6.07, 6.45) is 4.70. The summed E-state index contributed by atoms with van der Waals surface area (Å²) in [5, 5.41) is 3.32. The quantitative estimate of drug-likeness (QED) is 0.899. The Kier molecular flexibility index (Phi) is 3.99. The van der Waals surface area contributed by atoms with Crippen LogP contribution in [0.5, 0.6) is 0 Å². The van der Waals surface area contributed by atoms with Crippen LogP contribution in [-0.2, 0) is 0 Å². The number of hydrogen-bond donors (Lipinski definition) is 1. The van der Waals surface area contributed by atoms with Crippen LogP contribution in [0.25, 0.3) is 0 Å². The molecule has 18 heavy (non-hydrogen) atoms. The summed E-state index contributed by atoms with van der Waals surface area (Å²) in [5.41, 5.74) is 2.78. The molecule has 2 aromatic rings. The van der Waals surface area contributed by atoms with Gasteiger partial charge in [0, 0.05) is 18.1 Å². The highest BCUT2D eigenvalue weighted by atomic mass is 19.1. The third-order valence-electron chi connectivity index (χ3n) is 2.74. The molecule has 0 aromatic carbocycles. The lowest BCUT2D eigenvalue weighted by Crippen LogP contribution is -2.22. The van der Waals surface area contributed by atoms with E-state index in [-0.39, 0.29) is 11.9 Å². The highest BCUT2D eigenvalue weighted by Crippen LogP contribution is 2.21. The Hall–Kier alpha value is -1.81. The van der Waals surface area contributed by atoms with Gasteiger partial charge in [0.1, 0.15) is 5.82 Å². The minimum absolute atomic E-state index is 0.0775. The number of aryl methyl sites for hydroxylation is 1. The lowest BCUT2D eigenvalue weighted by atomic mass is 10.0. The van der Waals surface area contributed by atoms with E-state index in [2.05, 4.69) is 15.3 Å². The summed E-state index contributed by atoms with van der Waals surface area (Å²) in [6, 6.07) is 5.37. The molecule has 0 bridgehead atoms. The van der Waals surface area contributed by atoms with Gasteiger partial charge in [0.2, 0.25) is 0 Å². The maximum atomic E-state index is 13.2. The van der Waals surface area contributed by atoms with Crippen molar-refractivity contribution in [3.8, 4) is 0 Å². The summed E-state index contributed by atoms with van der Waals surface area (Å²) >= 11 is 0. The van der Waals surface area contributed by atoms with Gasteiger partial charge in [0.05, 0.1) is 12.2 Å². The highest BCUT2D eigenvalue weighted by molar-refractivity contribution is 5.29. The van der Waals surface area contributed by atoms with Crippen molar-refractivity contribution < 1.29 is 4.39 Å². The topological polar surface area (TPSA) is 37.8 Å². The first-order chi connectivity index (χ1) is 8.70. The van der Waals surface area contributed by atoms with Crippen LogP contribution in [0.1, 0.15) is 29.8 Å². The summed E-state index contributed by atoms with van der Waals surface area (Å²) in [7, 11) is 0. The van der Waals surface area contributed by atoms with E-state index < -0.39 is 0 Å². The molecule has 2 heterocycles. The number of nitrogens with zero attached hydrogens (tertiary/aromatic N) is 2. The van der Waals surface area contributed by atoms with Crippen molar-refractivity contribution in [1.82, 2.24) is 15.3 Å². The van der Waals surface area contributed by atoms with Gasteiger partial charge < -0.3 is 5.32 Å². The molecule has 1 atom stereocenters. The molecule has 0 saturated heterocycles. The Balaban J connectivity index is 2.36. The van der Waals surface area contributed by atoms with Crippen LogP contribution < -0.4 is 5.32 Å². The van der Waals surface area contributed by atoms with Gasteiger partial charge in [-0.05, 0) is 36.7 Å². The fourth-order valence-corrected chi connectivity index (χ4v) is 1.87. The zero-order chi connectivity index (χ0) is 13.0. The van der Waals surface area contributed by atoms with Crippen molar-refractivity contribution in [3.63, 3.8) is 0 Å². The minimum Gasteiger partial charge on any atom is -0.306 e.